The molecule has 5 heteroatoms. The first-order valence-corrected chi connectivity index (χ1v) is 6.41. The highest BCUT2D eigenvalue weighted by Crippen LogP contribution is 2.16. The second-order valence-electron chi connectivity index (χ2n) is 4.00. The monoisotopic (exact) mass is 268 g/mol. The topological polar surface area (TPSA) is 62.0 Å². The molecule has 0 bridgehead atoms. The van der Waals surface area contributed by atoms with E-state index < -0.39 is 5.97 Å². The number of benzene rings is 1. The highest BCUT2D eigenvalue weighted by atomic mass is 35.5. The second-order valence-corrected chi connectivity index (χ2v) is 4.44. The lowest BCUT2D eigenvalue weighted by atomic mass is 10.1. The van der Waals surface area contributed by atoms with Gasteiger partial charge in [-0.05, 0) is 37.1 Å². The molecule has 0 unspecified atom stereocenters. The standard InChI is InChI=1S/C13H17ClN2O2/c14-11-6-8-12(9-7-11)16-15-10-4-2-1-3-5-13(17)18/h6-9H,1-5,10H2,(H,17,18). The van der Waals surface area contributed by atoms with Crippen LogP contribution in [0.2, 0.25) is 5.02 Å². The molecule has 4 nitrogen and oxygen atoms in total. The third kappa shape index (κ3) is 7.01. The molecule has 0 heterocycles. The molecule has 18 heavy (non-hydrogen) atoms. The zero-order valence-electron chi connectivity index (χ0n) is 10.2. The number of carbonyl (C=O) groups is 1. The van der Waals surface area contributed by atoms with Crippen molar-refractivity contribution in [2.75, 3.05) is 6.54 Å². The van der Waals surface area contributed by atoms with Gasteiger partial charge in [-0.3, -0.25) is 4.79 Å². The van der Waals surface area contributed by atoms with Gasteiger partial charge in [-0.1, -0.05) is 24.4 Å². The largest absolute Gasteiger partial charge is 0.481 e. The van der Waals surface area contributed by atoms with E-state index in [1.54, 1.807) is 12.1 Å². The van der Waals surface area contributed by atoms with Gasteiger partial charge in [-0.25, -0.2) is 0 Å². The number of hydrogen-bond acceptors (Lipinski definition) is 3. The van der Waals surface area contributed by atoms with E-state index in [1.807, 2.05) is 12.1 Å². The molecule has 0 atom stereocenters. The number of carboxylic acids is 1. The van der Waals surface area contributed by atoms with Crippen molar-refractivity contribution in [3.05, 3.63) is 29.3 Å². The third-order valence-electron chi connectivity index (χ3n) is 2.41. The van der Waals surface area contributed by atoms with Gasteiger partial charge in [0.05, 0.1) is 12.2 Å². The summed E-state index contributed by atoms with van der Waals surface area (Å²) in [6.45, 7) is 0.676. The van der Waals surface area contributed by atoms with Crippen LogP contribution in [0.1, 0.15) is 32.1 Å². The first-order chi connectivity index (χ1) is 8.68. The molecule has 98 valence electrons. The Kier molecular flexibility index (Phi) is 7.03. The SMILES string of the molecule is O=C(O)CCCCCCN=Nc1ccc(Cl)cc1. The van der Waals surface area contributed by atoms with Crippen LogP contribution in [0.5, 0.6) is 0 Å². The van der Waals surface area contributed by atoms with Crippen molar-refractivity contribution in [3.8, 4) is 0 Å². The molecule has 1 aromatic rings. The van der Waals surface area contributed by atoms with Crippen molar-refractivity contribution in [1.82, 2.24) is 0 Å². The normalized spacial score (nSPS) is 10.9. The fourth-order valence-electron chi connectivity index (χ4n) is 1.45. The molecular weight excluding hydrogens is 252 g/mol. The predicted molar refractivity (Wildman–Crippen MR) is 71.6 cm³/mol. The molecule has 1 aromatic carbocycles. The molecule has 0 spiro atoms. The first kappa shape index (κ1) is 14.6. The molecule has 1 rings (SSSR count). The van der Waals surface area contributed by atoms with Crippen molar-refractivity contribution in [2.24, 2.45) is 10.2 Å². The number of nitrogens with zero attached hydrogens (tertiary/aromatic N) is 2. The van der Waals surface area contributed by atoms with Crippen LogP contribution in [0.4, 0.5) is 5.69 Å². The average Bonchev–Trinajstić information content (AvgIpc) is 2.34. The minimum atomic E-state index is -0.725. The number of hydrogen-bond donors (Lipinski definition) is 1. The van der Waals surface area contributed by atoms with E-state index >= 15 is 0 Å². The lowest BCUT2D eigenvalue weighted by molar-refractivity contribution is -0.137. The zero-order chi connectivity index (χ0) is 13.2. The summed E-state index contributed by atoms with van der Waals surface area (Å²) < 4.78 is 0. The van der Waals surface area contributed by atoms with Crippen molar-refractivity contribution < 1.29 is 9.90 Å². The summed E-state index contributed by atoms with van der Waals surface area (Å²) in [5.41, 5.74) is 0.797. The summed E-state index contributed by atoms with van der Waals surface area (Å²) in [5.74, 6) is -0.725. The van der Waals surface area contributed by atoms with E-state index in [4.69, 9.17) is 16.7 Å². The van der Waals surface area contributed by atoms with Crippen LogP contribution < -0.4 is 0 Å². The highest BCUT2D eigenvalue weighted by Gasteiger charge is 1.96. The number of aliphatic carboxylic acids is 1. The molecule has 0 aliphatic carbocycles. The molecular formula is C13H17ClN2O2. The van der Waals surface area contributed by atoms with E-state index in [9.17, 15) is 4.79 Å². The van der Waals surface area contributed by atoms with Crippen LogP contribution in [0.3, 0.4) is 0 Å². The fraction of sp³-hybridized carbons (Fsp3) is 0.462. The third-order valence-corrected chi connectivity index (χ3v) is 2.66. The Bertz CT molecular complexity index is 390. The van der Waals surface area contributed by atoms with E-state index in [0.717, 1.165) is 31.4 Å². The minimum absolute atomic E-state index is 0.256. The highest BCUT2D eigenvalue weighted by molar-refractivity contribution is 6.30. The lowest BCUT2D eigenvalue weighted by Gasteiger charge is -1.96. The van der Waals surface area contributed by atoms with Gasteiger partial charge in [0.15, 0.2) is 0 Å². The molecule has 0 saturated heterocycles. The van der Waals surface area contributed by atoms with E-state index in [2.05, 4.69) is 10.2 Å². The van der Waals surface area contributed by atoms with Crippen molar-refractivity contribution in [2.45, 2.75) is 32.1 Å². The molecule has 0 radical (unpaired) electrons. The van der Waals surface area contributed by atoms with E-state index in [1.165, 1.54) is 0 Å². The number of halogens is 1. The van der Waals surface area contributed by atoms with Gasteiger partial charge in [0.25, 0.3) is 0 Å². The first-order valence-electron chi connectivity index (χ1n) is 6.03. The number of carboxylic acid groups (broad SMARTS) is 1. The number of azo groups is 1. The Balaban J connectivity index is 2.07. The Labute approximate surface area is 112 Å². The van der Waals surface area contributed by atoms with Crippen LogP contribution in [0.15, 0.2) is 34.5 Å². The average molecular weight is 269 g/mol. The van der Waals surface area contributed by atoms with E-state index in [-0.39, 0.29) is 6.42 Å². The van der Waals surface area contributed by atoms with Crippen LogP contribution in [0, 0.1) is 0 Å². The summed E-state index contributed by atoms with van der Waals surface area (Å²) in [5, 5.41) is 17.3. The molecule has 0 amide bonds. The Morgan fingerprint density at radius 2 is 1.78 bits per heavy atom. The van der Waals surface area contributed by atoms with Crippen molar-refractivity contribution >= 4 is 23.3 Å². The Morgan fingerprint density at radius 1 is 1.11 bits per heavy atom. The summed E-state index contributed by atoms with van der Waals surface area (Å²) in [6, 6.07) is 7.20. The molecule has 0 fully saturated rings. The van der Waals surface area contributed by atoms with E-state index in [0.29, 0.717) is 11.6 Å². The van der Waals surface area contributed by atoms with Crippen molar-refractivity contribution in [3.63, 3.8) is 0 Å². The van der Waals surface area contributed by atoms with Gasteiger partial charge >= 0.3 is 5.97 Å². The van der Waals surface area contributed by atoms with Crippen LogP contribution in [0.25, 0.3) is 0 Å². The molecule has 0 aromatic heterocycles. The zero-order valence-corrected chi connectivity index (χ0v) is 10.9. The predicted octanol–water partition coefficient (Wildman–Crippen LogP) is 4.46. The maximum atomic E-state index is 10.3. The Hall–Kier alpha value is -1.42. The van der Waals surface area contributed by atoms with Gasteiger partial charge in [0.1, 0.15) is 0 Å². The van der Waals surface area contributed by atoms with Crippen molar-refractivity contribution in [1.29, 1.82) is 0 Å². The van der Waals surface area contributed by atoms with Crippen LogP contribution in [-0.2, 0) is 4.79 Å². The number of unbranched alkanes of at least 4 members (excludes halogenated alkanes) is 3. The van der Waals surface area contributed by atoms with Crippen LogP contribution in [-0.4, -0.2) is 17.6 Å². The quantitative estimate of drug-likeness (QED) is 0.559. The summed E-state index contributed by atoms with van der Waals surface area (Å²) in [4.78, 5) is 10.3. The second kappa shape index (κ2) is 8.64. The summed E-state index contributed by atoms with van der Waals surface area (Å²) >= 11 is 5.75. The smallest absolute Gasteiger partial charge is 0.303 e. The summed E-state index contributed by atoms with van der Waals surface area (Å²) in [7, 11) is 0. The summed E-state index contributed by atoms with van der Waals surface area (Å²) in [6.07, 6.45) is 3.86. The maximum absolute atomic E-state index is 10.3. The maximum Gasteiger partial charge on any atom is 0.303 e. The Morgan fingerprint density at radius 3 is 2.44 bits per heavy atom. The van der Waals surface area contributed by atoms with Gasteiger partial charge in [0, 0.05) is 11.4 Å². The number of rotatable bonds is 8. The van der Waals surface area contributed by atoms with Gasteiger partial charge in [-0.2, -0.15) is 10.2 Å². The minimum Gasteiger partial charge on any atom is -0.481 e. The fourth-order valence-corrected chi connectivity index (χ4v) is 1.58. The van der Waals surface area contributed by atoms with Gasteiger partial charge in [-0.15, -0.1) is 0 Å². The lowest BCUT2D eigenvalue weighted by Crippen LogP contribution is -1.93. The van der Waals surface area contributed by atoms with Crippen LogP contribution >= 0.6 is 11.6 Å². The van der Waals surface area contributed by atoms with Gasteiger partial charge < -0.3 is 5.11 Å². The van der Waals surface area contributed by atoms with Gasteiger partial charge in [0.2, 0.25) is 0 Å². The molecule has 0 aliphatic rings. The molecule has 0 saturated carbocycles. The molecule has 1 N–H and O–H groups in total. The molecule has 0 aliphatic heterocycles.